The molecule has 0 bridgehead atoms. The topological polar surface area (TPSA) is 59.6 Å². The first-order chi connectivity index (χ1) is 9.72. The number of benzene rings is 1. The summed E-state index contributed by atoms with van der Waals surface area (Å²) in [5.41, 5.74) is 0.993. The van der Waals surface area contributed by atoms with Crippen molar-refractivity contribution in [3.63, 3.8) is 0 Å². The number of aryl methyl sites for hydroxylation is 1. The van der Waals surface area contributed by atoms with Gasteiger partial charge in [-0.25, -0.2) is 0 Å². The van der Waals surface area contributed by atoms with Gasteiger partial charge in [0, 0.05) is 32.0 Å². The molecule has 0 aromatic heterocycles. The Morgan fingerprint density at radius 1 is 1.35 bits per heavy atom. The van der Waals surface area contributed by atoms with Crippen molar-refractivity contribution < 1.29 is 14.3 Å². The first-order valence-electron chi connectivity index (χ1n) is 6.91. The molecule has 1 aliphatic heterocycles. The van der Waals surface area contributed by atoms with Crippen LogP contribution in [0.1, 0.15) is 12.0 Å². The van der Waals surface area contributed by atoms with Crippen LogP contribution < -0.4 is 20.1 Å². The summed E-state index contributed by atoms with van der Waals surface area (Å²) in [4.78, 5) is 11.8. The van der Waals surface area contributed by atoms with Gasteiger partial charge in [0.25, 0.3) is 0 Å². The number of methoxy groups -OCH3 is 2. The highest BCUT2D eigenvalue weighted by molar-refractivity contribution is 5.76. The number of nitrogens with one attached hydrogen (secondary N) is 2. The van der Waals surface area contributed by atoms with Gasteiger partial charge in [-0.2, -0.15) is 0 Å². The molecule has 1 fully saturated rings. The standard InChI is InChI=1S/C15H22N2O3/c1-19-13-4-5-14(20-2)12(7-13)3-6-15(18)17-10-11-8-16-9-11/h4-5,7,11,16H,3,6,8-10H2,1-2H3,(H,17,18). The molecule has 2 N–H and O–H groups in total. The zero-order valence-corrected chi connectivity index (χ0v) is 12.1. The Bertz CT molecular complexity index is 458. The van der Waals surface area contributed by atoms with Crippen molar-refractivity contribution >= 4 is 5.91 Å². The lowest BCUT2D eigenvalue weighted by Crippen LogP contribution is -2.48. The van der Waals surface area contributed by atoms with E-state index in [1.165, 1.54) is 0 Å². The van der Waals surface area contributed by atoms with Gasteiger partial charge >= 0.3 is 0 Å². The van der Waals surface area contributed by atoms with Gasteiger partial charge < -0.3 is 20.1 Å². The molecule has 1 aromatic rings. The minimum atomic E-state index is 0.0850. The molecule has 0 unspecified atom stereocenters. The van der Waals surface area contributed by atoms with Crippen molar-refractivity contribution in [1.82, 2.24) is 10.6 Å². The molecular formula is C15H22N2O3. The Hall–Kier alpha value is -1.75. The summed E-state index contributed by atoms with van der Waals surface area (Å²) in [5.74, 6) is 2.25. The molecule has 20 heavy (non-hydrogen) atoms. The van der Waals surface area contributed by atoms with Crippen LogP contribution in [0, 0.1) is 5.92 Å². The number of carbonyl (C=O) groups excluding carboxylic acids is 1. The molecule has 110 valence electrons. The largest absolute Gasteiger partial charge is 0.497 e. The molecule has 1 saturated heterocycles. The Morgan fingerprint density at radius 2 is 2.15 bits per heavy atom. The Labute approximate surface area is 119 Å². The van der Waals surface area contributed by atoms with E-state index < -0.39 is 0 Å². The van der Waals surface area contributed by atoms with Gasteiger partial charge in [0.15, 0.2) is 0 Å². The zero-order chi connectivity index (χ0) is 14.4. The van der Waals surface area contributed by atoms with Gasteiger partial charge in [0.1, 0.15) is 11.5 Å². The Kier molecular flexibility index (Phi) is 5.24. The van der Waals surface area contributed by atoms with Crippen LogP contribution in [-0.4, -0.2) is 39.8 Å². The second-order valence-corrected chi connectivity index (χ2v) is 5.01. The van der Waals surface area contributed by atoms with E-state index in [1.807, 2.05) is 18.2 Å². The van der Waals surface area contributed by atoms with Crippen LogP contribution in [0.15, 0.2) is 18.2 Å². The number of hydrogen-bond acceptors (Lipinski definition) is 4. The molecule has 0 spiro atoms. The van der Waals surface area contributed by atoms with E-state index in [0.29, 0.717) is 18.8 Å². The normalized spacial score (nSPS) is 14.5. The lowest BCUT2D eigenvalue weighted by molar-refractivity contribution is -0.121. The van der Waals surface area contributed by atoms with E-state index in [2.05, 4.69) is 10.6 Å². The Morgan fingerprint density at radius 3 is 2.75 bits per heavy atom. The molecular weight excluding hydrogens is 256 g/mol. The number of amides is 1. The number of carbonyl (C=O) groups is 1. The predicted octanol–water partition coefficient (Wildman–Crippen LogP) is 0.972. The van der Waals surface area contributed by atoms with Gasteiger partial charge in [0.05, 0.1) is 14.2 Å². The molecule has 1 aromatic carbocycles. The van der Waals surface area contributed by atoms with E-state index in [4.69, 9.17) is 9.47 Å². The lowest BCUT2D eigenvalue weighted by Gasteiger charge is -2.27. The van der Waals surface area contributed by atoms with Crippen LogP contribution >= 0.6 is 0 Å². The highest BCUT2D eigenvalue weighted by Crippen LogP contribution is 2.25. The van der Waals surface area contributed by atoms with Gasteiger partial charge in [-0.15, -0.1) is 0 Å². The smallest absolute Gasteiger partial charge is 0.220 e. The fraction of sp³-hybridized carbons (Fsp3) is 0.533. The van der Waals surface area contributed by atoms with E-state index in [1.54, 1.807) is 14.2 Å². The molecule has 1 amide bonds. The quantitative estimate of drug-likeness (QED) is 0.780. The van der Waals surface area contributed by atoms with E-state index >= 15 is 0 Å². The molecule has 5 nitrogen and oxygen atoms in total. The second kappa shape index (κ2) is 7.14. The van der Waals surface area contributed by atoms with Crippen molar-refractivity contribution in [2.45, 2.75) is 12.8 Å². The van der Waals surface area contributed by atoms with E-state index in [-0.39, 0.29) is 5.91 Å². The fourth-order valence-corrected chi connectivity index (χ4v) is 2.16. The van der Waals surface area contributed by atoms with Gasteiger partial charge in [-0.05, 0) is 30.2 Å². The molecule has 2 rings (SSSR count). The third-order valence-corrected chi connectivity index (χ3v) is 3.56. The molecule has 5 heteroatoms. The highest BCUT2D eigenvalue weighted by atomic mass is 16.5. The third-order valence-electron chi connectivity index (χ3n) is 3.56. The second-order valence-electron chi connectivity index (χ2n) is 5.01. The number of ether oxygens (including phenoxy) is 2. The van der Waals surface area contributed by atoms with E-state index in [9.17, 15) is 4.79 Å². The van der Waals surface area contributed by atoms with Gasteiger partial charge in [-0.1, -0.05) is 0 Å². The van der Waals surface area contributed by atoms with Crippen LogP contribution in [0.2, 0.25) is 0 Å². The summed E-state index contributed by atoms with van der Waals surface area (Å²) in [5, 5.41) is 6.16. The molecule has 1 heterocycles. The zero-order valence-electron chi connectivity index (χ0n) is 12.1. The van der Waals surface area contributed by atoms with Crippen LogP contribution in [0.4, 0.5) is 0 Å². The number of hydrogen-bond donors (Lipinski definition) is 2. The predicted molar refractivity (Wildman–Crippen MR) is 77.2 cm³/mol. The summed E-state index contributed by atoms with van der Waals surface area (Å²) in [6.07, 6.45) is 1.11. The summed E-state index contributed by atoms with van der Waals surface area (Å²) in [7, 11) is 3.26. The molecule has 0 radical (unpaired) electrons. The summed E-state index contributed by atoms with van der Waals surface area (Å²) in [6, 6.07) is 5.64. The van der Waals surface area contributed by atoms with Crippen molar-refractivity contribution in [2.75, 3.05) is 33.9 Å². The third kappa shape index (κ3) is 3.87. The molecule has 0 aliphatic carbocycles. The maximum absolute atomic E-state index is 11.8. The van der Waals surface area contributed by atoms with Crippen LogP contribution in [0.5, 0.6) is 11.5 Å². The van der Waals surface area contributed by atoms with Gasteiger partial charge in [-0.3, -0.25) is 4.79 Å². The van der Waals surface area contributed by atoms with Crippen LogP contribution in [-0.2, 0) is 11.2 Å². The first-order valence-corrected chi connectivity index (χ1v) is 6.91. The average molecular weight is 278 g/mol. The number of rotatable bonds is 7. The SMILES string of the molecule is COc1ccc(OC)c(CCC(=O)NCC2CNC2)c1. The first kappa shape index (κ1) is 14.7. The monoisotopic (exact) mass is 278 g/mol. The minimum absolute atomic E-state index is 0.0850. The maximum Gasteiger partial charge on any atom is 0.220 e. The fourth-order valence-electron chi connectivity index (χ4n) is 2.16. The summed E-state index contributed by atoms with van der Waals surface area (Å²) < 4.78 is 10.5. The molecule has 1 aliphatic rings. The molecule has 0 atom stereocenters. The van der Waals surface area contributed by atoms with E-state index in [0.717, 1.165) is 36.7 Å². The van der Waals surface area contributed by atoms with Crippen LogP contribution in [0.3, 0.4) is 0 Å². The van der Waals surface area contributed by atoms with Gasteiger partial charge in [0.2, 0.25) is 5.91 Å². The maximum atomic E-state index is 11.8. The van der Waals surface area contributed by atoms with Crippen molar-refractivity contribution in [3.05, 3.63) is 23.8 Å². The van der Waals surface area contributed by atoms with Crippen molar-refractivity contribution in [2.24, 2.45) is 5.92 Å². The molecule has 0 saturated carbocycles. The average Bonchev–Trinajstić information content (AvgIpc) is 2.43. The lowest BCUT2D eigenvalue weighted by atomic mass is 10.0. The minimum Gasteiger partial charge on any atom is -0.497 e. The summed E-state index contributed by atoms with van der Waals surface area (Å²) >= 11 is 0. The summed E-state index contributed by atoms with van der Waals surface area (Å²) in [6.45, 7) is 2.77. The van der Waals surface area contributed by atoms with Crippen LogP contribution in [0.25, 0.3) is 0 Å². The highest BCUT2D eigenvalue weighted by Gasteiger charge is 2.17. The van der Waals surface area contributed by atoms with Crippen molar-refractivity contribution in [3.8, 4) is 11.5 Å². The Balaban J connectivity index is 1.83. The van der Waals surface area contributed by atoms with Crippen molar-refractivity contribution in [1.29, 1.82) is 0 Å².